The van der Waals surface area contributed by atoms with Crippen molar-refractivity contribution < 1.29 is 18.0 Å². The van der Waals surface area contributed by atoms with E-state index in [1.165, 1.54) is 24.1 Å². The van der Waals surface area contributed by atoms with Gasteiger partial charge in [0.1, 0.15) is 12.6 Å². The Morgan fingerprint density at radius 3 is 2.16 bits per heavy atom. The number of halogens is 1. The summed E-state index contributed by atoms with van der Waals surface area (Å²) in [6, 6.07) is 17.9. The zero-order valence-corrected chi connectivity index (χ0v) is 23.2. The highest BCUT2D eigenvalue weighted by Crippen LogP contribution is 2.29. The number of benzene rings is 3. The van der Waals surface area contributed by atoms with Crippen LogP contribution >= 0.6 is 11.6 Å². The first-order valence-electron chi connectivity index (χ1n) is 11.9. The number of hydrogen-bond acceptors (Lipinski definition) is 4. The second kappa shape index (κ2) is 11.8. The lowest BCUT2D eigenvalue weighted by Gasteiger charge is -2.32. The average molecular weight is 542 g/mol. The van der Waals surface area contributed by atoms with Crippen LogP contribution in [0.5, 0.6) is 0 Å². The highest BCUT2D eigenvalue weighted by atomic mass is 35.5. The van der Waals surface area contributed by atoms with Gasteiger partial charge in [-0.2, -0.15) is 0 Å². The second-order valence-electron chi connectivity index (χ2n) is 8.98. The first kappa shape index (κ1) is 28.2. The Morgan fingerprint density at radius 1 is 0.946 bits per heavy atom. The fourth-order valence-corrected chi connectivity index (χ4v) is 5.53. The lowest BCUT2D eigenvalue weighted by molar-refractivity contribution is -0.139. The molecule has 7 nitrogen and oxygen atoms in total. The Balaban J connectivity index is 2.07. The van der Waals surface area contributed by atoms with Gasteiger partial charge in [0.2, 0.25) is 11.8 Å². The first-order chi connectivity index (χ1) is 17.4. The van der Waals surface area contributed by atoms with E-state index in [-0.39, 0.29) is 17.3 Å². The summed E-state index contributed by atoms with van der Waals surface area (Å²) in [5.41, 5.74) is 3.73. The molecule has 0 radical (unpaired) electrons. The minimum atomic E-state index is -4.10. The first-order valence-corrected chi connectivity index (χ1v) is 13.7. The van der Waals surface area contributed by atoms with E-state index >= 15 is 0 Å². The maximum Gasteiger partial charge on any atom is 0.264 e. The predicted octanol–water partition coefficient (Wildman–Crippen LogP) is 4.62. The van der Waals surface area contributed by atoms with Crippen LogP contribution in [0, 0.1) is 20.8 Å². The van der Waals surface area contributed by atoms with Crippen LogP contribution in [0.2, 0.25) is 5.02 Å². The van der Waals surface area contributed by atoms with Crippen LogP contribution in [0.1, 0.15) is 29.2 Å². The molecule has 1 atom stereocenters. The molecule has 0 bridgehead atoms. The van der Waals surface area contributed by atoms with Crippen molar-refractivity contribution in [3.05, 3.63) is 94.0 Å². The monoisotopic (exact) mass is 541 g/mol. The Bertz CT molecular complexity index is 1370. The van der Waals surface area contributed by atoms with E-state index in [1.807, 2.05) is 26.8 Å². The third-order valence-electron chi connectivity index (χ3n) is 6.41. The van der Waals surface area contributed by atoms with Crippen molar-refractivity contribution in [3.8, 4) is 0 Å². The smallest absolute Gasteiger partial charge is 0.264 e. The van der Waals surface area contributed by atoms with Gasteiger partial charge >= 0.3 is 0 Å². The van der Waals surface area contributed by atoms with E-state index in [0.29, 0.717) is 10.7 Å². The zero-order valence-electron chi connectivity index (χ0n) is 21.7. The Morgan fingerprint density at radius 2 is 1.57 bits per heavy atom. The van der Waals surface area contributed by atoms with Gasteiger partial charge in [-0.3, -0.25) is 13.9 Å². The fourth-order valence-electron chi connectivity index (χ4n) is 3.93. The predicted molar refractivity (Wildman–Crippen MR) is 147 cm³/mol. The van der Waals surface area contributed by atoms with Gasteiger partial charge in [-0.05, 0) is 74.7 Å². The van der Waals surface area contributed by atoms with Crippen molar-refractivity contribution in [3.63, 3.8) is 0 Å². The molecule has 37 heavy (non-hydrogen) atoms. The summed E-state index contributed by atoms with van der Waals surface area (Å²) in [7, 11) is -2.61. The third-order valence-corrected chi connectivity index (χ3v) is 8.44. The quantitative estimate of drug-likeness (QED) is 0.428. The van der Waals surface area contributed by atoms with E-state index < -0.39 is 28.5 Å². The maximum atomic E-state index is 13.9. The number of anilines is 1. The summed E-state index contributed by atoms with van der Waals surface area (Å²) in [6.07, 6.45) is 0. The molecule has 0 saturated heterocycles. The van der Waals surface area contributed by atoms with E-state index in [9.17, 15) is 18.0 Å². The van der Waals surface area contributed by atoms with Crippen molar-refractivity contribution >= 4 is 39.1 Å². The number of carbonyl (C=O) groups is 2. The number of aryl methyl sites for hydroxylation is 2. The lowest BCUT2D eigenvalue weighted by Crippen LogP contribution is -2.50. The number of likely N-dealkylation sites (N-methyl/N-ethyl adjacent to an activating group) is 1. The van der Waals surface area contributed by atoms with Crippen LogP contribution in [-0.2, 0) is 26.2 Å². The molecule has 0 aliphatic heterocycles. The fraction of sp³-hybridized carbons (Fsp3) is 0.286. The summed E-state index contributed by atoms with van der Waals surface area (Å²) >= 11 is 6.01. The van der Waals surface area contributed by atoms with Gasteiger partial charge in [0.25, 0.3) is 10.0 Å². The van der Waals surface area contributed by atoms with Gasteiger partial charge in [-0.15, -0.1) is 0 Å². The number of sulfonamides is 1. The van der Waals surface area contributed by atoms with E-state index in [2.05, 4.69) is 5.32 Å². The summed E-state index contributed by atoms with van der Waals surface area (Å²) in [5, 5.41) is 3.12. The van der Waals surface area contributed by atoms with Crippen molar-refractivity contribution in [2.24, 2.45) is 0 Å². The van der Waals surface area contributed by atoms with E-state index in [4.69, 9.17) is 11.6 Å². The van der Waals surface area contributed by atoms with Crippen LogP contribution < -0.4 is 9.62 Å². The number of hydrogen-bond donors (Lipinski definition) is 1. The van der Waals surface area contributed by atoms with Gasteiger partial charge in [0.15, 0.2) is 0 Å². The van der Waals surface area contributed by atoms with Crippen LogP contribution in [0.4, 0.5) is 5.69 Å². The largest absolute Gasteiger partial charge is 0.357 e. The Hall–Kier alpha value is -3.36. The molecule has 3 rings (SSSR count). The van der Waals surface area contributed by atoms with Crippen LogP contribution in [0.3, 0.4) is 0 Å². The molecular formula is C28H32ClN3O4S. The summed E-state index contributed by atoms with van der Waals surface area (Å²) < 4.78 is 28.9. The average Bonchev–Trinajstić information content (AvgIpc) is 2.88. The van der Waals surface area contributed by atoms with E-state index in [1.54, 1.807) is 55.5 Å². The molecule has 0 heterocycles. The van der Waals surface area contributed by atoms with Gasteiger partial charge in [-0.25, -0.2) is 8.42 Å². The molecule has 196 valence electrons. The summed E-state index contributed by atoms with van der Waals surface area (Å²) in [4.78, 5) is 27.8. The highest BCUT2D eigenvalue weighted by molar-refractivity contribution is 7.92. The van der Waals surface area contributed by atoms with E-state index in [0.717, 1.165) is 26.6 Å². The molecule has 0 unspecified atom stereocenters. The number of rotatable bonds is 9. The Kier molecular flexibility index (Phi) is 8.99. The molecule has 3 aromatic carbocycles. The molecule has 1 N–H and O–H groups in total. The number of amides is 2. The maximum absolute atomic E-state index is 13.9. The van der Waals surface area contributed by atoms with Crippen molar-refractivity contribution in [1.82, 2.24) is 10.2 Å². The van der Waals surface area contributed by atoms with Gasteiger partial charge < -0.3 is 10.2 Å². The number of nitrogens with one attached hydrogen (secondary N) is 1. The third kappa shape index (κ3) is 6.50. The Labute approximate surface area is 224 Å². The summed E-state index contributed by atoms with van der Waals surface area (Å²) in [5.74, 6) is -0.871. The molecular weight excluding hydrogens is 510 g/mol. The standard InChI is InChI=1S/C28H32ClN3O4S/c1-19-9-15-25(16-10-19)37(35,36)32(26-8-6-7-20(2)21(26)3)18-27(33)31(22(4)28(34)30-5)17-23-11-13-24(29)14-12-23/h6-16,22H,17-18H2,1-5H3,(H,30,34)/t22-/m0/s1. The normalized spacial score (nSPS) is 12.1. The van der Waals surface area contributed by atoms with Gasteiger partial charge in [0.05, 0.1) is 10.6 Å². The zero-order chi connectivity index (χ0) is 27.3. The van der Waals surface area contributed by atoms with Crippen LogP contribution in [-0.4, -0.2) is 44.8 Å². The topological polar surface area (TPSA) is 86.8 Å². The van der Waals surface area contributed by atoms with Crippen molar-refractivity contribution in [1.29, 1.82) is 0 Å². The van der Waals surface area contributed by atoms with Gasteiger partial charge in [0, 0.05) is 18.6 Å². The minimum absolute atomic E-state index is 0.0791. The van der Waals surface area contributed by atoms with Gasteiger partial charge in [-0.1, -0.05) is 53.6 Å². The molecule has 0 spiro atoms. The van der Waals surface area contributed by atoms with Crippen molar-refractivity contribution in [2.45, 2.75) is 45.2 Å². The number of nitrogens with zero attached hydrogens (tertiary/aromatic N) is 2. The molecule has 0 aliphatic carbocycles. The minimum Gasteiger partial charge on any atom is -0.357 e. The number of carbonyl (C=O) groups excluding carboxylic acids is 2. The van der Waals surface area contributed by atoms with Crippen LogP contribution in [0.25, 0.3) is 0 Å². The molecule has 0 saturated carbocycles. The summed E-state index contributed by atoms with van der Waals surface area (Å²) in [6.45, 7) is 6.83. The SMILES string of the molecule is CNC(=O)[C@H](C)N(Cc1ccc(Cl)cc1)C(=O)CN(c1cccc(C)c1C)S(=O)(=O)c1ccc(C)cc1. The highest BCUT2D eigenvalue weighted by Gasteiger charge is 2.33. The van der Waals surface area contributed by atoms with Crippen molar-refractivity contribution in [2.75, 3.05) is 17.9 Å². The molecule has 0 aliphatic rings. The van der Waals surface area contributed by atoms with Crippen LogP contribution in [0.15, 0.2) is 71.6 Å². The molecule has 9 heteroatoms. The molecule has 2 amide bonds. The second-order valence-corrected chi connectivity index (χ2v) is 11.3. The molecule has 0 fully saturated rings. The molecule has 3 aromatic rings. The molecule has 0 aromatic heterocycles. The lowest BCUT2D eigenvalue weighted by atomic mass is 10.1.